The van der Waals surface area contributed by atoms with Gasteiger partial charge in [-0.3, -0.25) is 0 Å². The number of rotatable bonds is 4. The quantitative estimate of drug-likeness (QED) is 0.795. The number of hydrogen-bond donors (Lipinski definition) is 3. The molecule has 0 heterocycles. The summed E-state index contributed by atoms with van der Waals surface area (Å²) in [5.41, 5.74) is 2.60. The molecule has 0 aromatic heterocycles. The van der Waals surface area contributed by atoms with Crippen molar-refractivity contribution < 1.29 is 8.42 Å². The summed E-state index contributed by atoms with van der Waals surface area (Å²) in [6.45, 7) is 6.61. The van der Waals surface area contributed by atoms with Gasteiger partial charge in [0.2, 0.25) is 0 Å². The maximum Gasteiger partial charge on any atom is 0.274 e. The molecule has 1 aromatic carbocycles. The van der Waals surface area contributed by atoms with Crippen molar-refractivity contribution >= 4 is 15.9 Å². The van der Waals surface area contributed by atoms with Gasteiger partial charge < -0.3 is 5.32 Å². The van der Waals surface area contributed by atoms with Crippen molar-refractivity contribution in [2.75, 3.05) is 5.32 Å². The molecule has 0 unspecified atom stereocenters. The van der Waals surface area contributed by atoms with Gasteiger partial charge in [-0.25, -0.2) is 5.14 Å². The first-order valence-electron chi connectivity index (χ1n) is 7.80. The Hall–Kier alpha value is -1.11. The topological polar surface area (TPSA) is 84.2 Å². The molecule has 22 heavy (non-hydrogen) atoms. The summed E-state index contributed by atoms with van der Waals surface area (Å²) in [6.07, 6.45) is 3.50. The highest BCUT2D eigenvalue weighted by Crippen LogP contribution is 2.26. The van der Waals surface area contributed by atoms with Crippen LogP contribution < -0.4 is 15.2 Å². The maximum atomic E-state index is 11.0. The second-order valence-electron chi connectivity index (χ2n) is 7.18. The van der Waals surface area contributed by atoms with Crippen LogP contribution in [0.3, 0.4) is 0 Å². The molecule has 0 bridgehead atoms. The summed E-state index contributed by atoms with van der Waals surface area (Å²) < 4.78 is 24.6. The van der Waals surface area contributed by atoms with E-state index in [1.54, 1.807) is 0 Å². The molecular formula is C16H27N3O2S. The first-order chi connectivity index (χ1) is 10.1. The van der Waals surface area contributed by atoms with Crippen LogP contribution in [0.1, 0.15) is 52.0 Å². The molecular weight excluding hydrogens is 298 g/mol. The minimum absolute atomic E-state index is 0.0312. The molecule has 0 amide bonds. The average molecular weight is 325 g/mol. The number of nitrogens with one attached hydrogen (secondary N) is 2. The van der Waals surface area contributed by atoms with Crippen LogP contribution in [0.4, 0.5) is 5.69 Å². The second kappa shape index (κ2) is 6.56. The van der Waals surface area contributed by atoms with Crippen molar-refractivity contribution in [3.63, 3.8) is 0 Å². The molecule has 1 aliphatic carbocycles. The third kappa shape index (κ3) is 5.26. The number of hydrogen-bond acceptors (Lipinski definition) is 3. The lowest BCUT2D eigenvalue weighted by atomic mass is 9.87. The Kier molecular flexibility index (Phi) is 5.14. The number of nitrogens with two attached hydrogens (primary N) is 1. The summed E-state index contributed by atoms with van der Waals surface area (Å²) in [6, 6.07) is 8.92. The third-order valence-electron chi connectivity index (χ3n) is 4.18. The zero-order valence-corrected chi connectivity index (χ0v) is 14.4. The van der Waals surface area contributed by atoms with Crippen LogP contribution >= 0.6 is 0 Å². The summed E-state index contributed by atoms with van der Waals surface area (Å²) in [4.78, 5) is 0. The first kappa shape index (κ1) is 17.2. The minimum Gasteiger partial charge on any atom is -0.382 e. The van der Waals surface area contributed by atoms with Gasteiger partial charge in [-0.05, 0) is 48.8 Å². The van der Waals surface area contributed by atoms with Crippen LogP contribution in [0.2, 0.25) is 0 Å². The fraction of sp³-hybridized carbons (Fsp3) is 0.625. The van der Waals surface area contributed by atoms with Gasteiger partial charge in [0.15, 0.2) is 0 Å². The monoisotopic (exact) mass is 325 g/mol. The Morgan fingerprint density at radius 3 is 1.95 bits per heavy atom. The fourth-order valence-corrected chi connectivity index (χ4v) is 3.59. The van der Waals surface area contributed by atoms with E-state index in [1.165, 1.54) is 5.56 Å². The molecule has 4 N–H and O–H groups in total. The summed E-state index contributed by atoms with van der Waals surface area (Å²) in [7, 11) is -3.59. The van der Waals surface area contributed by atoms with Gasteiger partial charge in [-0.1, -0.05) is 32.9 Å². The summed E-state index contributed by atoms with van der Waals surface area (Å²) >= 11 is 0. The molecule has 6 heteroatoms. The van der Waals surface area contributed by atoms with Gasteiger partial charge in [-0.15, -0.1) is 0 Å². The molecule has 0 spiro atoms. The fourth-order valence-electron chi connectivity index (χ4n) is 2.89. The Labute approximate surface area is 133 Å². The highest BCUT2D eigenvalue weighted by molar-refractivity contribution is 7.87. The van der Waals surface area contributed by atoms with E-state index in [4.69, 9.17) is 5.14 Å². The highest BCUT2D eigenvalue weighted by atomic mass is 32.2. The van der Waals surface area contributed by atoms with Gasteiger partial charge in [-0.2, -0.15) is 13.1 Å². The van der Waals surface area contributed by atoms with E-state index in [2.05, 4.69) is 55.1 Å². The van der Waals surface area contributed by atoms with E-state index >= 15 is 0 Å². The molecule has 0 saturated heterocycles. The minimum atomic E-state index is -3.59. The van der Waals surface area contributed by atoms with Crippen molar-refractivity contribution in [1.29, 1.82) is 0 Å². The predicted octanol–water partition coefficient (Wildman–Crippen LogP) is 2.50. The van der Waals surface area contributed by atoms with Crippen molar-refractivity contribution in [1.82, 2.24) is 4.72 Å². The van der Waals surface area contributed by atoms with E-state index in [9.17, 15) is 8.42 Å². The normalized spacial score (nSPS) is 23.3. The van der Waals surface area contributed by atoms with Gasteiger partial charge in [0.25, 0.3) is 10.2 Å². The third-order valence-corrected chi connectivity index (χ3v) is 4.84. The second-order valence-corrected chi connectivity index (χ2v) is 8.51. The van der Waals surface area contributed by atoms with Crippen LogP contribution in [0, 0.1) is 0 Å². The van der Waals surface area contributed by atoms with Gasteiger partial charge in [0, 0.05) is 17.8 Å². The van der Waals surface area contributed by atoms with Crippen LogP contribution in [0.25, 0.3) is 0 Å². The zero-order chi connectivity index (χ0) is 16.4. The molecule has 0 radical (unpaired) electrons. The lowest BCUT2D eigenvalue weighted by Gasteiger charge is -2.30. The smallest absolute Gasteiger partial charge is 0.274 e. The summed E-state index contributed by atoms with van der Waals surface area (Å²) in [5, 5.41) is 8.55. The molecule has 0 aliphatic heterocycles. The van der Waals surface area contributed by atoms with Gasteiger partial charge in [0.05, 0.1) is 0 Å². The molecule has 1 aliphatic rings. The molecule has 0 atom stereocenters. The van der Waals surface area contributed by atoms with E-state index < -0.39 is 10.2 Å². The van der Waals surface area contributed by atoms with E-state index in [-0.39, 0.29) is 11.5 Å². The van der Waals surface area contributed by atoms with Crippen LogP contribution in [-0.4, -0.2) is 20.5 Å². The van der Waals surface area contributed by atoms with E-state index in [0.29, 0.717) is 6.04 Å². The predicted molar refractivity (Wildman–Crippen MR) is 91.1 cm³/mol. The maximum absolute atomic E-state index is 11.0. The van der Waals surface area contributed by atoms with Crippen molar-refractivity contribution in [2.45, 2.75) is 64.0 Å². The molecule has 1 fully saturated rings. The SMILES string of the molecule is CC(C)(C)c1ccc(NC2CCC(NS(N)(=O)=O)CC2)cc1. The molecule has 1 aromatic rings. The van der Waals surface area contributed by atoms with E-state index in [1.807, 2.05) is 0 Å². The zero-order valence-electron chi connectivity index (χ0n) is 13.6. The molecule has 5 nitrogen and oxygen atoms in total. The summed E-state index contributed by atoms with van der Waals surface area (Å²) in [5.74, 6) is 0. The van der Waals surface area contributed by atoms with Crippen molar-refractivity contribution in [3.05, 3.63) is 29.8 Å². The molecule has 2 rings (SSSR count). The van der Waals surface area contributed by atoms with Gasteiger partial charge >= 0.3 is 0 Å². The number of anilines is 1. The van der Waals surface area contributed by atoms with Gasteiger partial charge in [0.1, 0.15) is 0 Å². The van der Waals surface area contributed by atoms with Crippen molar-refractivity contribution in [2.24, 2.45) is 5.14 Å². The Balaban J connectivity index is 1.86. The largest absolute Gasteiger partial charge is 0.382 e. The lowest BCUT2D eigenvalue weighted by Crippen LogP contribution is -2.43. The lowest BCUT2D eigenvalue weighted by molar-refractivity contribution is 0.387. The highest BCUT2D eigenvalue weighted by Gasteiger charge is 2.23. The van der Waals surface area contributed by atoms with Crippen LogP contribution in [0.15, 0.2) is 24.3 Å². The van der Waals surface area contributed by atoms with Crippen molar-refractivity contribution in [3.8, 4) is 0 Å². The standard InChI is InChI=1S/C16H27N3O2S/c1-16(2,3)12-4-6-13(7-5-12)18-14-8-10-15(11-9-14)19-22(17,20)21/h4-7,14-15,18-19H,8-11H2,1-3H3,(H2,17,20,21). The number of benzene rings is 1. The van der Waals surface area contributed by atoms with E-state index in [0.717, 1.165) is 31.4 Å². The average Bonchev–Trinajstić information content (AvgIpc) is 2.39. The van der Waals surface area contributed by atoms with Crippen LogP contribution in [0.5, 0.6) is 0 Å². The first-order valence-corrected chi connectivity index (χ1v) is 9.35. The Morgan fingerprint density at radius 2 is 1.50 bits per heavy atom. The molecule has 124 valence electrons. The molecule has 1 saturated carbocycles. The Bertz CT molecular complexity index is 583. The Morgan fingerprint density at radius 1 is 1.00 bits per heavy atom. The van der Waals surface area contributed by atoms with Crippen LogP contribution in [-0.2, 0) is 15.6 Å².